The summed E-state index contributed by atoms with van der Waals surface area (Å²) in [6, 6.07) is 17.4. The maximum absolute atomic E-state index is 12.4. The Morgan fingerprint density at radius 1 is 1.03 bits per heavy atom. The van der Waals surface area contributed by atoms with Crippen molar-refractivity contribution in [3.63, 3.8) is 0 Å². The van der Waals surface area contributed by atoms with Crippen LogP contribution in [0.1, 0.15) is 11.4 Å². The van der Waals surface area contributed by atoms with Crippen molar-refractivity contribution in [2.24, 2.45) is 0 Å². The Hall–Kier alpha value is -3.72. The molecule has 2 aromatic heterocycles. The molecule has 0 aliphatic rings. The van der Waals surface area contributed by atoms with Crippen LogP contribution in [0, 0.1) is 6.92 Å². The van der Waals surface area contributed by atoms with Crippen molar-refractivity contribution in [1.29, 1.82) is 0 Å². The molecule has 0 saturated heterocycles. The minimum Gasteiger partial charge on any atom is -0.439 e. The Morgan fingerprint density at radius 2 is 1.80 bits per heavy atom. The van der Waals surface area contributed by atoms with Gasteiger partial charge in [-0.15, -0.1) is 0 Å². The number of benzene rings is 2. The van der Waals surface area contributed by atoms with Gasteiger partial charge in [0.1, 0.15) is 23.7 Å². The number of ether oxygens (including phenoxy) is 1. The standard InChI is InChI=1S/C21H19N5O3S/c1-16-23-20(26-12-11-22-15-26)13-21(24-16)29-19-9-7-18(8-10-19)25-30(27,28)14-17-5-3-2-4-6-17/h2-13,15,25H,14H2,1H3. The summed E-state index contributed by atoms with van der Waals surface area (Å²) in [5.41, 5.74) is 1.18. The zero-order chi connectivity index (χ0) is 21.0. The SMILES string of the molecule is Cc1nc(Oc2ccc(NS(=O)(=O)Cc3ccccc3)cc2)cc(-n2ccnc2)n1. The summed E-state index contributed by atoms with van der Waals surface area (Å²) in [7, 11) is -3.52. The summed E-state index contributed by atoms with van der Waals surface area (Å²) in [5, 5.41) is 0. The molecule has 152 valence electrons. The average molecular weight is 421 g/mol. The van der Waals surface area contributed by atoms with E-state index in [4.69, 9.17) is 4.74 Å². The number of rotatable bonds is 7. The molecule has 4 rings (SSSR count). The van der Waals surface area contributed by atoms with Crippen LogP contribution in [0.25, 0.3) is 5.82 Å². The lowest BCUT2D eigenvalue weighted by Gasteiger charge is -2.10. The van der Waals surface area contributed by atoms with Crippen molar-refractivity contribution in [3.8, 4) is 17.4 Å². The van der Waals surface area contributed by atoms with Gasteiger partial charge < -0.3 is 4.74 Å². The van der Waals surface area contributed by atoms with E-state index in [1.54, 1.807) is 72.7 Å². The zero-order valence-corrected chi connectivity index (χ0v) is 17.0. The highest BCUT2D eigenvalue weighted by molar-refractivity contribution is 7.91. The molecule has 0 aliphatic heterocycles. The van der Waals surface area contributed by atoms with Crippen molar-refractivity contribution in [1.82, 2.24) is 19.5 Å². The lowest BCUT2D eigenvalue weighted by molar-refractivity contribution is 0.459. The number of nitrogens with one attached hydrogen (secondary N) is 1. The van der Waals surface area contributed by atoms with Gasteiger partial charge in [-0.3, -0.25) is 9.29 Å². The lowest BCUT2D eigenvalue weighted by Crippen LogP contribution is -2.14. The molecule has 0 amide bonds. The van der Waals surface area contributed by atoms with Crippen LogP contribution in [0.3, 0.4) is 0 Å². The van der Waals surface area contributed by atoms with Crippen LogP contribution < -0.4 is 9.46 Å². The number of sulfonamides is 1. The van der Waals surface area contributed by atoms with Gasteiger partial charge in [0, 0.05) is 24.1 Å². The molecule has 30 heavy (non-hydrogen) atoms. The van der Waals surface area contributed by atoms with Crippen LogP contribution in [0.4, 0.5) is 5.69 Å². The van der Waals surface area contributed by atoms with E-state index in [1.165, 1.54) is 0 Å². The van der Waals surface area contributed by atoms with Gasteiger partial charge in [-0.25, -0.2) is 18.4 Å². The molecule has 0 spiro atoms. The molecule has 0 aliphatic carbocycles. The van der Waals surface area contributed by atoms with Gasteiger partial charge in [0.05, 0.1) is 5.75 Å². The van der Waals surface area contributed by atoms with E-state index in [0.29, 0.717) is 29.0 Å². The fraction of sp³-hybridized carbons (Fsp3) is 0.0952. The van der Waals surface area contributed by atoms with Crippen molar-refractivity contribution in [2.45, 2.75) is 12.7 Å². The van der Waals surface area contributed by atoms with E-state index in [1.807, 2.05) is 18.2 Å². The summed E-state index contributed by atoms with van der Waals surface area (Å²) < 4.78 is 34.9. The number of anilines is 1. The first-order valence-electron chi connectivity index (χ1n) is 9.13. The molecule has 4 aromatic rings. The number of hydrogen-bond donors (Lipinski definition) is 1. The van der Waals surface area contributed by atoms with Crippen molar-refractivity contribution >= 4 is 15.7 Å². The minimum absolute atomic E-state index is 0.0939. The Labute approximate surface area is 174 Å². The van der Waals surface area contributed by atoms with Gasteiger partial charge >= 0.3 is 0 Å². The third-order valence-electron chi connectivity index (χ3n) is 4.12. The summed E-state index contributed by atoms with van der Waals surface area (Å²) in [4.78, 5) is 12.7. The summed E-state index contributed by atoms with van der Waals surface area (Å²) in [6.07, 6.45) is 5.08. The van der Waals surface area contributed by atoms with Gasteiger partial charge in [0.25, 0.3) is 0 Å². The molecular formula is C21H19N5O3S. The summed E-state index contributed by atoms with van der Waals surface area (Å²) in [6.45, 7) is 1.78. The predicted octanol–water partition coefficient (Wildman–Crippen LogP) is 3.70. The van der Waals surface area contributed by atoms with E-state index in [0.717, 1.165) is 5.56 Å². The Kier molecular flexibility index (Phi) is 5.44. The molecule has 0 atom stereocenters. The third-order valence-corrected chi connectivity index (χ3v) is 5.38. The summed E-state index contributed by atoms with van der Waals surface area (Å²) >= 11 is 0. The molecule has 0 bridgehead atoms. The normalized spacial score (nSPS) is 11.2. The van der Waals surface area contributed by atoms with Crippen molar-refractivity contribution in [2.75, 3.05) is 4.72 Å². The van der Waals surface area contributed by atoms with Crippen molar-refractivity contribution in [3.05, 3.63) is 90.8 Å². The van der Waals surface area contributed by atoms with Crippen LogP contribution in [-0.4, -0.2) is 27.9 Å². The third kappa shape index (κ3) is 5.00. The van der Waals surface area contributed by atoms with Crippen LogP contribution in [0.2, 0.25) is 0 Å². The molecule has 0 unspecified atom stereocenters. The topological polar surface area (TPSA) is 99.0 Å². The van der Waals surface area contributed by atoms with E-state index < -0.39 is 10.0 Å². The van der Waals surface area contributed by atoms with Crippen LogP contribution in [0.5, 0.6) is 11.6 Å². The van der Waals surface area contributed by atoms with Crippen molar-refractivity contribution < 1.29 is 13.2 Å². The Balaban J connectivity index is 1.45. The monoisotopic (exact) mass is 421 g/mol. The molecule has 0 saturated carbocycles. The van der Waals surface area contributed by atoms with Gasteiger partial charge in [-0.1, -0.05) is 30.3 Å². The minimum atomic E-state index is -3.52. The van der Waals surface area contributed by atoms with Crippen LogP contribution in [0.15, 0.2) is 79.4 Å². The molecule has 0 fully saturated rings. The number of nitrogens with zero attached hydrogens (tertiary/aromatic N) is 4. The fourth-order valence-electron chi connectivity index (χ4n) is 2.83. The molecule has 8 nitrogen and oxygen atoms in total. The van der Waals surface area contributed by atoms with E-state index >= 15 is 0 Å². The average Bonchev–Trinajstić information content (AvgIpc) is 3.24. The largest absolute Gasteiger partial charge is 0.439 e. The molecule has 0 radical (unpaired) electrons. The highest BCUT2D eigenvalue weighted by Gasteiger charge is 2.12. The van der Waals surface area contributed by atoms with Crippen LogP contribution >= 0.6 is 0 Å². The highest BCUT2D eigenvalue weighted by atomic mass is 32.2. The second-order valence-electron chi connectivity index (χ2n) is 6.55. The fourth-order valence-corrected chi connectivity index (χ4v) is 4.02. The van der Waals surface area contributed by atoms with Gasteiger partial charge in [0.15, 0.2) is 0 Å². The maximum Gasteiger partial charge on any atom is 0.236 e. The van der Waals surface area contributed by atoms with E-state index in [9.17, 15) is 8.42 Å². The zero-order valence-electron chi connectivity index (χ0n) is 16.1. The van der Waals surface area contributed by atoms with E-state index in [-0.39, 0.29) is 5.75 Å². The number of hydrogen-bond acceptors (Lipinski definition) is 6. The first-order chi connectivity index (χ1) is 14.5. The lowest BCUT2D eigenvalue weighted by atomic mass is 10.2. The number of imidazole rings is 1. The smallest absolute Gasteiger partial charge is 0.236 e. The van der Waals surface area contributed by atoms with Gasteiger partial charge in [-0.2, -0.15) is 4.98 Å². The number of aromatic nitrogens is 4. The number of aryl methyl sites for hydroxylation is 1. The Bertz CT molecular complexity index is 1230. The van der Waals surface area contributed by atoms with E-state index in [2.05, 4.69) is 19.7 Å². The molecule has 1 N–H and O–H groups in total. The Morgan fingerprint density at radius 3 is 2.50 bits per heavy atom. The summed E-state index contributed by atoms with van der Waals surface area (Å²) in [5.74, 6) is 2.00. The molecular weight excluding hydrogens is 402 g/mol. The second kappa shape index (κ2) is 8.34. The predicted molar refractivity (Wildman–Crippen MR) is 113 cm³/mol. The second-order valence-corrected chi connectivity index (χ2v) is 8.28. The van der Waals surface area contributed by atoms with Gasteiger partial charge in [0.2, 0.25) is 15.9 Å². The molecule has 9 heteroatoms. The molecule has 2 heterocycles. The van der Waals surface area contributed by atoms with Gasteiger partial charge in [-0.05, 0) is 36.8 Å². The first-order valence-corrected chi connectivity index (χ1v) is 10.8. The first kappa shape index (κ1) is 19.6. The highest BCUT2D eigenvalue weighted by Crippen LogP contribution is 2.24. The maximum atomic E-state index is 12.4. The van der Waals surface area contributed by atoms with Crippen LogP contribution in [-0.2, 0) is 15.8 Å². The quantitative estimate of drug-likeness (QED) is 0.488. The molecule has 2 aromatic carbocycles.